The van der Waals surface area contributed by atoms with E-state index in [1.807, 2.05) is 18.2 Å². The van der Waals surface area contributed by atoms with Gasteiger partial charge in [0.15, 0.2) is 0 Å². The summed E-state index contributed by atoms with van der Waals surface area (Å²) in [5.41, 5.74) is 2.19. The van der Waals surface area contributed by atoms with Crippen molar-refractivity contribution in [2.75, 3.05) is 31.1 Å². The van der Waals surface area contributed by atoms with Crippen LogP contribution < -0.4 is 15.5 Å². The van der Waals surface area contributed by atoms with Gasteiger partial charge in [0.1, 0.15) is 0 Å². The van der Waals surface area contributed by atoms with E-state index >= 15 is 0 Å². The van der Waals surface area contributed by atoms with Crippen LogP contribution >= 0.6 is 0 Å². The summed E-state index contributed by atoms with van der Waals surface area (Å²) >= 11 is 0. The molecule has 0 spiro atoms. The number of fused-ring (bicyclic) bond motifs is 1. The van der Waals surface area contributed by atoms with Crippen LogP contribution in [-0.2, 0) is 16.0 Å². The summed E-state index contributed by atoms with van der Waals surface area (Å²) in [6.07, 6.45) is 3.76. The molecular formula is C19H27N3O2. The number of carbonyl (C=O) groups excluding carboxylic acids is 2. The highest BCUT2D eigenvalue weighted by Crippen LogP contribution is 2.27. The average Bonchev–Trinajstić information content (AvgIpc) is 3.04. The van der Waals surface area contributed by atoms with Crippen LogP contribution in [0.5, 0.6) is 0 Å². The van der Waals surface area contributed by atoms with Crippen LogP contribution in [0.25, 0.3) is 0 Å². The van der Waals surface area contributed by atoms with Crippen LogP contribution in [0.1, 0.15) is 31.7 Å². The van der Waals surface area contributed by atoms with E-state index in [2.05, 4.69) is 23.6 Å². The molecular weight excluding hydrogens is 302 g/mol. The second-order valence-electron chi connectivity index (χ2n) is 6.99. The predicted octanol–water partition coefficient (Wildman–Crippen LogP) is 1.72. The first-order chi connectivity index (χ1) is 11.6. The third-order valence-corrected chi connectivity index (χ3v) is 5.27. The Bertz CT molecular complexity index is 596. The maximum absolute atomic E-state index is 12.4. The lowest BCUT2D eigenvalue weighted by molar-refractivity contribution is -0.125. The van der Waals surface area contributed by atoms with E-state index < -0.39 is 0 Å². The molecule has 0 radical (unpaired) electrons. The molecule has 2 aliphatic heterocycles. The van der Waals surface area contributed by atoms with Crippen molar-refractivity contribution in [3.8, 4) is 0 Å². The number of carbonyl (C=O) groups is 2. The molecule has 2 unspecified atom stereocenters. The molecule has 2 heterocycles. The van der Waals surface area contributed by atoms with Gasteiger partial charge in [-0.3, -0.25) is 9.59 Å². The number of para-hydroxylation sites is 1. The number of benzene rings is 1. The molecule has 0 aliphatic carbocycles. The van der Waals surface area contributed by atoms with Crippen molar-refractivity contribution in [2.24, 2.45) is 11.8 Å². The Labute approximate surface area is 143 Å². The molecule has 2 N–H and O–H groups in total. The van der Waals surface area contributed by atoms with E-state index in [-0.39, 0.29) is 18.4 Å². The quantitative estimate of drug-likeness (QED) is 0.865. The van der Waals surface area contributed by atoms with Gasteiger partial charge in [-0.25, -0.2) is 0 Å². The van der Waals surface area contributed by atoms with Gasteiger partial charge in [0, 0.05) is 18.7 Å². The minimum Gasteiger partial charge on any atom is -0.347 e. The van der Waals surface area contributed by atoms with Crippen molar-refractivity contribution in [2.45, 2.75) is 32.6 Å². The molecule has 1 saturated heterocycles. The lowest BCUT2D eigenvalue weighted by atomic mass is 9.85. The van der Waals surface area contributed by atoms with Crippen LogP contribution in [0.2, 0.25) is 0 Å². The van der Waals surface area contributed by atoms with Gasteiger partial charge >= 0.3 is 0 Å². The van der Waals surface area contributed by atoms with Crippen LogP contribution in [0, 0.1) is 11.8 Å². The number of hydrogen-bond donors (Lipinski definition) is 2. The number of nitrogens with one attached hydrogen (secondary N) is 2. The fourth-order valence-corrected chi connectivity index (χ4v) is 3.76. The number of rotatable bonds is 5. The first-order valence-corrected chi connectivity index (χ1v) is 9.01. The Morgan fingerprint density at radius 3 is 3.00 bits per heavy atom. The number of nitrogens with zero attached hydrogens (tertiary/aromatic N) is 1. The van der Waals surface area contributed by atoms with E-state index in [4.69, 9.17) is 0 Å². The number of anilines is 1. The molecule has 5 heteroatoms. The molecule has 2 aliphatic rings. The van der Waals surface area contributed by atoms with E-state index in [0.717, 1.165) is 25.2 Å². The Hall–Kier alpha value is -1.88. The molecule has 5 nitrogen and oxygen atoms in total. The van der Waals surface area contributed by atoms with Crippen LogP contribution in [0.4, 0.5) is 5.69 Å². The van der Waals surface area contributed by atoms with Crippen molar-refractivity contribution in [3.63, 3.8) is 0 Å². The Morgan fingerprint density at radius 2 is 2.21 bits per heavy atom. The van der Waals surface area contributed by atoms with Gasteiger partial charge in [-0.15, -0.1) is 0 Å². The van der Waals surface area contributed by atoms with E-state index in [0.29, 0.717) is 24.8 Å². The second-order valence-corrected chi connectivity index (χ2v) is 6.99. The topological polar surface area (TPSA) is 61.4 Å². The second kappa shape index (κ2) is 7.79. The summed E-state index contributed by atoms with van der Waals surface area (Å²) in [7, 11) is 0. The first kappa shape index (κ1) is 17.0. The molecule has 3 rings (SSSR count). The van der Waals surface area contributed by atoms with Gasteiger partial charge in [0.2, 0.25) is 11.8 Å². The van der Waals surface area contributed by atoms with Crippen molar-refractivity contribution in [3.05, 3.63) is 29.8 Å². The maximum Gasteiger partial charge on any atom is 0.246 e. The molecule has 24 heavy (non-hydrogen) atoms. The maximum atomic E-state index is 12.4. The minimum atomic E-state index is -0.0275. The fourth-order valence-electron chi connectivity index (χ4n) is 3.76. The lowest BCUT2D eigenvalue weighted by Gasteiger charge is -2.28. The van der Waals surface area contributed by atoms with Crippen LogP contribution in [-0.4, -0.2) is 38.0 Å². The monoisotopic (exact) mass is 329 g/mol. The average molecular weight is 329 g/mol. The first-order valence-electron chi connectivity index (χ1n) is 9.01. The van der Waals surface area contributed by atoms with Crippen molar-refractivity contribution in [1.29, 1.82) is 0 Å². The third kappa shape index (κ3) is 3.96. The van der Waals surface area contributed by atoms with E-state index in [1.165, 1.54) is 18.4 Å². The molecule has 2 amide bonds. The molecule has 1 fully saturated rings. The number of piperidine rings is 1. The molecule has 2 atom stereocenters. The van der Waals surface area contributed by atoms with Crippen molar-refractivity contribution < 1.29 is 9.59 Å². The van der Waals surface area contributed by atoms with Gasteiger partial charge in [-0.05, 0) is 55.8 Å². The standard InChI is InChI=1S/C19H27N3O2/c1-14(16-6-4-9-20-12-16)11-18(23)21-13-19(24)22-10-8-15-5-2-3-7-17(15)22/h2-3,5,7,14,16,20H,4,6,8-13H2,1H3,(H,21,23). The molecule has 0 bridgehead atoms. The summed E-state index contributed by atoms with van der Waals surface area (Å²) in [6.45, 7) is 5.01. The van der Waals surface area contributed by atoms with Gasteiger partial charge in [-0.2, -0.15) is 0 Å². The van der Waals surface area contributed by atoms with Crippen LogP contribution in [0.15, 0.2) is 24.3 Å². The highest BCUT2D eigenvalue weighted by atomic mass is 16.2. The van der Waals surface area contributed by atoms with Crippen molar-refractivity contribution in [1.82, 2.24) is 10.6 Å². The van der Waals surface area contributed by atoms with Gasteiger partial charge in [0.05, 0.1) is 6.54 Å². The summed E-state index contributed by atoms with van der Waals surface area (Å²) in [4.78, 5) is 26.3. The Morgan fingerprint density at radius 1 is 1.38 bits per heavy atom. The zero-order valence-electron chi connectivity index (χ0n) is 14.4. The smallest absolute Gasteiger partial charge is 0.246 e. The minimum absolute atomic E-state index is 0.0195. The number of hydrogen-bond acceptors (Lipinski definition) is 3. The van der Waals surface area contributed by atoms with Crippen molar-refractivity contribution >= 4 is 17.5 Å². The molecule has 0 aromatic heterocycles. The molecule has 0 saturated carbocycles. The fraction of sp³-hybridized carbons (Fsp3) is 0.579. The zero-order chi connectivity index (χ0) is 16.9. The summed E-state index contributed by atoms with van der Waals surface area (Å²) in [6, 6.07) is 7.97. The van der Waals surface area contributed by atoms with Gasteiger partial charge in [0.25, 0.3) is 0 Å². The SMILES string of the molecule is CC(CC(=O)NCC(=O)N1CCc2ccccc21)C1CCCNC1. The highest BCUT2D eigenvalue weighted by Gasteiger charge is 2.25. The summed E-state index contributed by atoms with van der Waals surface area (Å²) in [5.74, 6) is 0.861. The normalized spacial score (nSPS) is 21.2. The van der Waals surface area contributed by atoms with E-state index in [9.17, 15) is 9.59 Å². The number of amides is 2. The lowest BCUT2D eigenvalue weighted by Crippen LogP contribution is -2.40. The molecule has 130 valence electrons. The summed E-state index contributed by atoms with van der Waals surface area (Å²) in [5, 5.41) is 6.20. The van der Waals surface area contributed by atoms with E-state index in [1.54, 1.807) is 4.90 Å². The largest absolute Gasteiger partial charge is 0.347 e. The van der Waals surface area contributed by atoms with Gasteiger partial charge in [-0.1, -0.05) is 25.1 Å². The third-order valence-electron chi connectivity index (χ3n) is 5.27. The highest BCUT2D eigenvalue weighted by molar-refractivity contribution is 5.98. The van der Waals surface area contributed by atoms with Crippen LogP contribution in [0.3, 0.4) is 0 Å². The summed E-state index contributed by atoms with van der Waals surface area (Å²) < 4.78 is 0. The van der Waals surface area contributed by atoms with Gasteiger partial charge < -0.3 is 15.5 Å². The Balaban J connectivity index is 1.45. The molecule has 1 aromatic carbocycles. The predicted molar refractivity (Wildman–Crippen MR) is 94.9 cm³/mol. The Kier molecular flexibility index (Phi) is 5.51. The molecule has 1 aromatic rings. The zero-order valence-corrected chi connectivity index (χ0v) is 14.4.